The second kappa shape index (κ2) is 8.33. The molecule has 1 aliphatic heterocycles. The number of methoxy groups -OCH3 is 1. The molecular formula is C22H29N3O2. The predicted octanol–water partition coefficient (Wildman–Crippen LogP) is 3.71. The molecule has 0 bridgehead atoms. The molecule has 0 saturated carbocycles. The molecule has 0 radical (unpaired) electrons. The van der Waals surface area contributed by atoms with E-state index in [1.807, 2.05) is 24.3 Å². The third-order valence-corrected chi connectivity index (χ3v) is 4.78. The standard InChI is InChI=1S/C22H29N3O2/c1-22(2)15-19(18-7-5-6-8-20(18)27-22)25-21(23-3)24-14-13-16-9-11-17(26-4)12-10-16/h5-12,19H,13-15H2,1-4H3,(H2,23,24,25). The fourth-order valence-electron chi connectivity index (χ4n) is 3.41. The van der Waals surface area contributed by atoms with Gasteiger partial charge in [0.25, 0.3) is 0 Å². The molecule has 5 nitrogen and oxygen atoms in total. The van der Waals surface area contributed by atoms with Crippen LogP contribution < -0.4 is 20.1 Å². The molecular weight excluding hydrogens is 338 g/mol. The maximum Gasteiger partial charge on any atom is 0.191 e. The number of para-hydroxylation sites is 1. The molecule has 1 aliphatic rings. The van der Waals surface area contributed by atoms with Crippen molar-refractivity contribution in [3.63, 3.8) is 0 Å². The number of guanidine groups is 1. The molecule has 0 aliphatic carbocycles. The Balaban J connectivity index is 1.60. The quantitative estimate of drug-likeness (QED) is 0.625. The molecule has 1 atom stereocenters. The average molecular weight is 367 g/mol. The first-order valence-corrected chi connectivity index (χ1v) is 9.39. The van der Waals surface area contributed by atoms with E-state index < -0.39 is 0 Å². The van der Waals surface area contributed by atoms with Crippen molar-refractivity contribution < 1.29 is 9.47 Å². The van der Waals surface area contributed by atoms with Gasteiger partial charge in [-0.25, -0.2) is 0 Å². The SMILES string of the molecule is CN=C(NCCc1ccc(OC)cc1)NC1CC(C)(C)Oc2ccccc21. The Morgan fingerprint density at radius 1 is 1.19 bits per heavy atom. The number of rotatable bonds is 5. The third-order valence-electron chi connectivity index (χ3n) is 4.78. The number of ether oxygens (including phenoxy) is 2. The zero-order chi connectivity index (χ0) is 19.3. The van der Waals surface area contributed by atoms with Gasteiger partial charge in [-0.05, 0) is 44.0 Å². The van der Waals surface area contributed by atoms with E-state index in [2.05, 4.69) is 53.7 Å². The molecule has 2 N–H and O–H groups in total. The minimum atomic E-state index is -0.214. The summed E-state index contributed by atoms with van der Waals surface area (Å²) in [6.07, 6.45) is 1.80. The van der Waals surface area contributed by atoms with Crippen LogP contribution in [0.4, 0.5) is 0 Å². The molecule has 2 aromatic rings. The van der Waals surface area contributed by atoms with Crippen LogP contribution in [0, 0.1) is 0 Å². The Bertz CT molecular complexity index is 784. The Labute approximate surface area is 161 Å². The number of aliphatic imine (C=N–C) groups is 1. The van der Waals surface area contributed by atoms with Gasteiger partial charge < -0.3 is 20.1 Å². The smallest absolute Gasteiger partial charge is 0.191 e. The van der Waals surface area contributed by atoms with Gasteiger partial charge in [0.15, 0.2) is 5.96 Å². The largest absolute Gasteiger partial charge is 0.497 e. The molecule has 0 amide bonds. The van der Waals surface area contributed by atoms with Crippen LogP contribution in [0.25, 0.3) is 0 Å². The van der Waals surface area contributed by atoms with E-state index in [-0.39, 0.29) is 11.6 Å². The highest BCUT2D eigenvalue weighted by atomic mass is 16.5. The van der Waals surface area contributed by atoms with E-state index in [9.17, 15) is 0 Å². The van der Waals surface area contributed by atoms with E-state index >= 15 is 0 Å². The van der Waals surface area contributed by atoms with Gasteiger partial charge in [-0.2, -0.15) is 0 Å². The summed E-state index contributed by atoms with van der Waals surface area (Å²) >= 11 is 0. The molecule has 0 spiro atoms. The number of benzene rings is 2. The maximum absolute atomic E-state index is 6.11. The second-order valence-electron chi connectivity index (χ2n) is 7.40. The Morgan fingerprint density at radius 3 is 2.63 bits per heavy atom. The first kappa shape index (κ1) is 19.1. The first-order valence-electron chi connectivity index (χ1n) is 9.39. The highest BCUT2D eigenvalue weighted by Crippen LogP contribution is 2.39. The molecule has 0 fully saturated rings. The summed E-state index contributed by atoms with van der Waals surface area (Å²) in [4.78, 5) is 4.40. The van der Waals surface area contributed by atoms with Gasteiger partial charge in [0.1, 0.15) is 17.1 Å². The van der Waals surface area contributed by atoms with Gasteiger partial charge in [-0.1, -0.05) is 30.3 Å². The van der Waals surface area contributed by atoms with Crippen molar-refractivity contribution in [3.8, 4) is 11.5 Å². The number of fused-ring (bicyclic) bond motifs is 1. The zero-order valence-corrected chi connectivity index (χ0v) is 16.6. The van der Waals surface area contributed by atoms with Crippen LogP contribution in [0.3, 0.4) is 0 Å². The molecule has 3 rings (SSSR count). The van der Waals surface area contributed by atoms with Crippen molar-refractivity contribution in [2.75, 3.05) is 20.7 Å². The lowest BCUT2D eigenvalue weighted by Crippen LogP contribution is -2.45. The summed E-state index contributed by atoms with van der Waals surface area (Å²) in [7, 11) is 3.49. The Hall–Kier alpha value is -2.69. The van der Waals surface area contributed by atoms with Crippen LogP contribution in [0.1, 0.15) is 37.4 Å². The minimum Gasteiger partial charge on any atom is -0.497 e. The van der Waals surface area contributed by atoms with Crippen molar-refractivity contribution in [3.05, 3.63) is 59.7 Å². The van der Waals surface area contributed by atoms with Crippen LogP contribution in [0.5, 0.6) is 11.5 Å². The summed E-state index contributed by atoms with van der Waals surface area (Å²) < 4.78 is 11.3. The Kier molecular flexibility index (Phi) is 5.89. The van der Waals surface area contributed by atoms with Gasteiger partial charge >= 0.3 is 0 Å². The van der Waals surface area contributed by atoms with Crippen LogP contribution in [-0.2, 0) is 6.42 Å². The number of nitrogens with one attached hydrogen (secondary N) is 2. The van der Waals surface area contributed by atoms with Crippen molar-refractivity contribution >= 4 is 5.96 Å². The van der Waals surface area contributed by atoms with E-state index in [0.29, 0.717) is 0 Å². The summed E-state index contributed by atoms with van der Waals surface area (Å²) in [6.45, 7) is 5.05. The summed E-state index contributed by atoms with van der Waals surface area (Å²) in [5, 5.41) is 6.98. The molecule has 0 aromatic heterocycles. The van der Waals surface area contributed by atoms with Gasteiger partial charge in [-0.3, -0.25) is 4.99 Å². The summed E-state index contributed by atoms with van der Waals surface area (Å²) in [5.74, 6) is 2.63. The van der Waals surface area contributed by atoms with E-state index in [4.69, 9.17) is 9.47 Å². The number of hydrogen-bond donors (Lipinski definition) is 2. The normalized spacial score (nSPS) is 18.2. The maximum atomic E-state index is 6.11. The second-order valence-corrected chi connectivity index (χ2v) is 7.40. The molecule has 27 heavy (non-hydrogen) atoms. The molecule has 0 saturated heterocycles. The average Bonchev–Trinajstić information content (AvgIpc) is 2.66. The van der Waals surface area contributed by atoms with E-state index in [1.165, 1.54) is 11.1 Å². The van der Waals surface area contributed by atoms with Crippen LogP contribution in [0.2, 0.25) is 0 Å². The van der Waals surface area contributed by atoms with Gasteiger partial charge in [-0.15, -0.1) is 0 Å². The molecule has 144 valence electrons. The van der Waals surface area contributed by atoms with Crippen LogP contribution in [0.15, 0.2) is 53.5 Å². The fraction of sp³-hybridized carbons (Fsp3) is 0.409. The third kappa shape index (κ3) is 4.94. The first-order chi connectivity index (χ1) is 13.0. The summed E-state index contributed by atoms with van der Waals surface area (Å²) in [6, 6.07) is 16.5. The van der Waals surface area contributed by atoms with Crippen molar-refractivity contribution in [2.24, 2.45) is 4.99 Å². The molecule has 1 unspecified atom stereocenters. The van der Waals surface area contributed by atoms with E-state index in [1.54, 1.807) is 14.2 Å². The topological polar surface area (TPSA) is 54.9 Å². The van der Waals surface area contributed by atoms with Crippen molar-refractivity contribution in [2.45, 2.75) is 38.3 Å². The lowest BCUT2D eigenvalue weighted by Gasteiger charge is -2.38. The number of nitrogens with zero attached hydrogens (tertiary/aromatic N) is 1. The van der Waals surface area contributed by atoms with Crippen molar-refractivity contribution in [1.82, 2.24) is 10.6 Å². The molecule has 2 aromatic carbocycles. The van der Waals surface area contributed by atoms with Gasteiger partial charge in [0.05, 0.1) is 13.2 Å². The lowest BCUT2D eigenvalue weighted by atomic mass is 9.90. The highest BCUT2D eigenvalue weighted by molar-refractivity contribution is 5.80. The van der Waals surface area contributed by atoms with Gasteiger partial charge in [0, 0.05) is 25.6 Å². The molecule has 1 heterocycles. The highest BCUT2D eigenvalue weighted by Gasteiger charge is 2.33. The monoisotopic (exact) mass is 367 g/mol. The predicted molar refractivity (Wildman–Crippen MR) is 110 cm³/mol. The summed E-state index contributed by atoms with van der Waals surface area (Å²) in [5.41, 5.74) is 2.22. The van der Waals surface area contributed by atoms with E-state index in [0.717, 1.165) is 36.8 Å². The number of hydrogen-bond acceptors (Lipinski definition) is 3. The van der Waals surface area contributed by atoms with Gasteiger partial charge in [0.2, 0.25) is 0 Å². The Morgan fingerprint density at radius 2 is 1.93 bits per heavy atom. The molecule has 5 heteroatoms. The lowest BCUT2D eigenvalue weighted by molar-refractivity contribution is 0.0694. The fourth-order valence-corrected chi connectivity index (χ4v) is 3.41. The van der Waals surface area contributed by atoms with Crippen LogP contribution in [-0.4, -0.2) is 32.3 Å². The van der Waals surface area contributed by atoms with Crippen molar-refractivity contribution in [1.29, 1.82) is 0 Å². The minimum absolute atomic E-state index is 0.164. The zero-order valence-electron chi connectivity index (χ0n) is 16.6. The van der Waals surface area contributed by atoms with Crippen LogP contribution >= 0.6 is 0 Å².